The van der Waals surface area contributed by atoms with Gasteiger partial charge < -0.3 is 10.3 Å². The predicted molar refractivity (Wildman–Crippen MR) is 43.1 cm³/mol. The molecule has 0 bridgehead atoms. The third kappa shape index (κ3) is 0.952. The highest BCUT2D eigenvalue weighted by atomic mass is 16.5. The van der Waals surface area contributed by atoms with Crippen LogP contribution in [-0.4, -0.2) is 14.9 Å². The maximum Gasteiger partial charge on any atom is 0.209 e. The van der Waals surface area contributed by atoms with Crippen LogP contribution in [0.1, 0.15) is 0 Å². The average Bonchev–Trinajstić information content (AvgIpc) is 2.58. The second-order valence-electron chi connectivity index (χ2n) is 2.48. The van der Waals surface area contributed by atoms with E-state index in [1.165, 1.54) is 6.20 Å². The number of nitrogens with zero attached hydrogens (tertiary/aromatic N) is 3. The molecule has 5 nitrogen and oxygen atoms in total. The molecule has 2 rings (SSSR count). The molecule has 0 radical (unpaired) electrons. The van der Waals surface area contributed by atoms with E-state index in [9.17, 15) is 0 Å². The number of nitrogens with two attached hydrogens (primary N) is 1. The Bertz CT molecular complexity index is 390. The molecule has 0 aliphatic rings. The van der Waals surface area contributed by atoms with Gasteiger partial charge in [0.2, 0.25) is 5.76 Å². The fourth-order valence-corrected chi connectivity index (χ4v) is 0.978. The van der Waals surface area contributed by atoms with Gasteiger partial charge in [0.05, 0.1) is 6.20 Å². The van der Waals surface area contributed by atoms with Crippen LogP contribution in [0.3, 0.4) is 0 Å². The number of rotatable bonds is 1. The molecule has 0 saturated heterocycles. The lowest BCUT2D eigenvalue weighted by Gasteiger charge is -1.89. The van der Waals surface area contributed by atoms with Crippen LogP contribution in [0, 0.1) is 0 Å². The summed E-state index contributed by atoms with van der Waals surface area (Å²) >= 11 is 0. The van der Waals surface area contributed by atoms with Crippen molar-refractivity contribution in [1.29, 1.82) is 0 Å². The summed E-state index contributed by atoms with van der Waals surface area (Å²) in [7, 11) is 1.83. The SMILES string of the molecule is Cn1ccc(-c2oncc2N)n1. The third-order valence-electron chi connectivity index (χ3n) is 1.54. The first-order valence-electron chi connectivity index (χ1n) is 3.47. The molecule has 62 valence electrons. The minimum absolute atomic E-state index is 0.508. The largest absolute Gasteiger partial charge is 0.394 e. The lowest BCUT2D eigenvalue weighted by Crippen LogP contribution is -1.89. The molecule has 0 aliphatic carbocycles. The van der Waals surface area contributed by atoms with E-state index < -0.39 is 0 Å². The summed E-state index contributed by atoms with van der Waals surface area (Å²) in [5.74, 6) is 0.524. The molecule has 0 fully saturated rings. The summed E-state index contributed by atoms with van der Waals surface area (Å²) in [5, 5.41) is 7.67. The number of aromatic nitrogens is 3. The second-order valence-corrected chi connectivity index (χ2v) is 2.48. The molecule has 2 heterocycles. The minimum atomic E-state index is 0.508. The van der Waals surface area contributed by atoms with Crippen LogP contribution in [0.4, 0.5) is 5.69 Å². The van der Waals surface area contributed by atoms with Crippen molar-refractivity contribution in [2.75, 3.05) is 5.73 Å². The Hall–Kier alpha value is -1.78. The first-order chi connectivity index (χ1) is 5.77. The van der Waals surface area contributed by atoms with Gasteiger partial charge in [-0.05, 0) is 6.07 Å². The molecule has 0 atom stereocenters. The highest BCUT2D eigenvalue weighted by Gasteiger charge is 2.09. The average molecular weight is 164 g/mol. The summed E-state index contributed by atoms with van der Waals surface area (Å²) in [6.07, 6.45) is 3.28. The van der Waals surface area contributed by atoms with E-state index in [1.54, 1.807) is 4.68 Å². The van der Waals surface area contributed by atoms with Crippen molar-refractivity contribution >= 4 is 5.69 Å². The Kier molecular flexibility index (Phi) is 1.36. The summed E-state index contributed by atoms with van der Waals surface area (Å²) in [5.41, 5.74) is 6.79. The molecule has 0 unspecified atom stereocenters. The van der Waals surface area contributed by atoms with Crippen molar-refractivity contribution in [1.82, 2.24) is 14.9 Å². The third-order valence-corrected chi connectivity index (χ3v) is 1.54. The molecule has 2 aromatic rings. The highest BCUT2D eigenvalue weighted by Crippen LogP contribution is 2.22. The number of aryl methyl sites for hydroxylation is 1. The smallest absolute Gasteiger partial charge is 0.209 e. The maximum absolute atomic E-state index is 5.58. The maximum atomic E-state index is 5.58. The molecular weight excluding hydrogens is 156 g/mol. The summed E-state index contributed by atoms with van der Waals surface area (Å²) < 4.78 is 6.59. The van der Waals surface area contributed by atoms with Crippen LogP contribution >= 0.6 is 0 Å². The lowest BCUT2D eigenvalue weighted by atomic mass is 10.3. The molecule has 0 aliphatic heterocycles. The molecule has 0 amide bonds. The fourth-order valence-electron chi connectivity index (χ4n) is 0.978. The van der Waals surface area contributed by atoms with Crippen LogP contribution in [0.5, 0.6) is 0 Å². The van der Waals surface area contributed by atoms with Crippen molar-refractivity contribution in [2.45, 2.75) is 0 Å². The topological polar surface area (TPSA) is 69.9 Å². The Balaban J connectivity index is 2.50. The molecule has 12 heavy (non-hydrogen) atoms. The Morgan fingerprint density at radius 2 is 2.42 bits per heavy atom. The quantitative estimate of drug-likeness (QED) is 0.672. The van der Waals surface area contributed by atoms with Crippen LogP contribution < -0.4 is 5.73 Å². The van der Waals surface area contributed by atoms with Gasteiger partial charge in [0.25, 0.3) is 0 Å². The zero-order valence-electron chi connectivity index (χ0n) is 6.56. The standard InChI is InChI=1S/C7H8N4O/c1-11-3-2-6(10-11)7-5(8)4-9-12-7/h2-4H,8H2,1H3. The Labute approximate surface area is 68.8 Å². The predicted octanol–water partition coefficient (Wildman–Crippen LogP) is 0.657. The van der Waals surface area contributed by atoms with Crippen molar-refractivity contribution in [3.63, 3.8) is 0 Å². The van der Waals surface area contributed by atoms with E-state index in [1.807, 2.05) is 19.3 Å². The zero-order chi connectivity index (χ0) is 8.55. The van der Waals surface area contributed by atoms with E-state index in [4.69, 9.17) is 10.3 Å². The van der Waals surface area contributed by atoms with Gasteiger partial charge in [-0.2, -0.15) is 5.10 Å². The van der Waals surface area contributed by atoms with Crippen molar-refractivity contribution < 1.29 is 4.52 Å². The lowest BCUT2D eigenvalue weighted by molar-refractivity contribution is 0.431. The Morgan fingerprint density at radius 3 is 2.92 bits per heavy atom. The van der Waals surface area contributed by atoms with Crippen LogP contribution in [0.2, 0.25) is 0 Å². The summed E-state index contributed by atoms with van der Waals surface area (Å²) in [6, 6.07) is 1.82. The monoisotopic (exact) mass is 164 g/mol. The molecular formula is C7H8N4O. The molecule has 5 heteroatoms. The zero-order valence-corrected chi connectivity index (χ0v) is 6.56. The highest BCUT2D eigenvalue weighted by molar-refractivity contribution is 5.66. The Morgan fingerprint density at radius 1 is 1.58 bits per heavy atom. The van der Waals surface area contributed by atoms with Gasteiger partial charge in [0.1, 0.15) is 11.4 Å². The van der Waals surface area contributed by atoms with Crippen molar-refractivity contribution in [3.05, 3.63) is 18.5 Å². The second kappa shape index (κ2) is 2.37. The van der Waals surface area contributed by atoms with Crippen LogP contribution in [0.25, 0.3) is 11.5 Å². The van der Waals surface area contributed by atoms with Crippen LogP contribution in [-0.2, 0) is 7.05 Å². The van der Waals surface area contributed by atoms with Gasteiger partial charge in [-0.25, -0.2) is 0 Å². The summed E-state index contributed by atoms with van der Waals surface area (Å²) in [4.78, 5) is 0. The first-order valence-corrected chi connectivity index (χ1v) is 3.47. The van der Waals surface area contributed by atoms with E-state index in [0.29, 0.717) is 17.1 Å². The molecule has 0 spiro atoms. The van der Waals surface area contributed by atoms with Gasteiger partial charge in [0.15, 0.2) is 0 Å². The molecule has 0 saturated carbocycles. The number of hydrogen-bond donors (Lipinski definition) is 1. The van der Waals surface area contributed by atoms with E-state index in [2.05, 4.69) is 10.3 Å². The van der Waals surface area contributed by atoms with Gasteiger partial charge in [-0.15, -0.1) is 0 Å². The van der Waals surface area contributed by atoms with E-state index in [0.717, 1.165) is 0 Å². The van der Waals surface area contributed by atoms with Gasteiger partial charge in [-0.1, -0.05) is 5.16 Å². The van der Waals surface area contributed by atoms with Gasteiger partial charge in [-0.3, -0.25) is 4.68 Å². The number of hydrogen-bond acceptors (Lipinski definition) is 4. The fraction of sp³-hybridized carbons (Fsp3) is 0.143. The molecule has 2 N–H and O–H groups in total. The number of anilines is 1. The van der Waals surface area contributed by atoms with Crippen LogP contribution in [0.15, 0.2) is 23.0 Å². The van der Waals surface area contributed by atoms with Gasteiger partial charge >= 0.3 is 0 Å². The minimum Gasteiger partial charge on any atom is -0.394 e. The van der Waals surface area contributed by atoms with Crippen molar-refractivity contribution in [3.8, 4) is 11.5 Å². The normalized spacial score (nSPS) is 10.4. The molecule has 0 aromatic carbocycles. The van der Waals surface area contributed by atoms with E-state index in [-0.39, 0.29) is 0 Å². The first kappa shape index (κ1) is 6.90. The van der Waals surface area contributed by atoms with Gasteiger partial charge in [0, 0.05) is 13.2 Å². The summed E-state index contributed by atoms with van der Waals surface area (Å²) in [6.45, 7) is 0. The van der Waals surface area contributed by atoms with E-state index >= 15 is 0 Å². The van der Waals surface area contributed by atoms with Crippen molar-refractivity contribution in [2.24, 2.45) is 7.05 Å². The number of nitrogen functional groups attached to an aromatic ring is 1. The molecule has 2 aromatic heterocycles.